The lowest BCUT2D eigenvalue weighted by atomic mass is 10.1. The lowest BCUT2D eigenvalue weighted by molar-refractivity contribution is -0.119. The minimum atomic E-state index is -0.798. The maximum Gasteiger partial charge on any atom is 0.254 e. The van der Waals surface area contributed by atoms with Crippen LogP contribution < -0.4 is 21.3 Å². The van der Waals surface area contributed by atoms with Crippen LogP contribution in [0.25, 0.3) is 0 Å². The third-order valence-electron chi connectivity index (χ3n) is 4.20. The van der Waals surface area contributed by atoms with E-state index in [1.165, 1.54) is 6.92 Å². The van der Waals surface area contributed by atoms with Gasteiger partial charge in [-0.15, -0.1) is 0 Å². The molecule has 0 fully saturated rings. The van der Waals surface area contributed by atoms with E-state index in [-0.39, 0.29) is 36.5 Å². The third kappa shape index (κ3) is 4.73. The Morgan fingerprint density at radius 1 is 0.964 bits per heavy atom. The van der Waals surface area contributed by atoms with Crippen molar-refractivity contribution in [3.63, 3.8) is 0 Å². The average Bonchev–Trinajstić information content (AvgIpc) is 2.77. The zero-order chi connectivity index (χ0) is 20.1. The molecule has 2 aromatic carbocycles. The molecule has 28 heavy (non-hydrogen) atoms. The first-order chi connectivity index (χ1) is 13.4. The molecule has 0 saturated heterocycles. The highest BCUT2D eigenvalue weighted by atomic mass is 16.2. The second-order valence-electron chi connectivity index (χ2n) is 6.41. The zero-order valence-electron chi connectivity index (χ0n) is 15.2. The quantitative estimate of drug-likeness (QED) is 0.636. The van der Waals surface area contributed by atoms with Crippen LogP contribution in [0.4, 0.5) is 17.1 Å². The van der Waals surface area contributed by atoms with Crippen LogP contribution in [0.2, 0.25) is 0 Å². The maximum atomic E-state index is 12.3. The van der Waals surface area contributed by atoms with Crippen LogP contribution >= 0.6 is 0 Å². The highest BCUT2D eigenvalue weighted by molar-refractivity contribution is 6.10. The van der Waals surface area contributed by atoms with Gasteiger partial charge < -0.3 is 21.3 Å². The molecule has 0 spiro atoms. The fourth-order valence-electron chi connectivity index (χ4n) is 2.85. The number of hydrogen-bond acceptors (Lipinski definition) is 4. The Balaban J connectivity index is 1.55. The Morgan fingerprint density at radius 2 is 1.61 bits per heavy atom. The van der Waals surface area contributed by atoms with Gasteiger partial charge in [-0.3, -0.25) is 19.2 Å². The minimum Gasteiger partial charge on any atom is -0.340 e. The molecule has 0 aromatic heterocycles. The molecule has 0 bridgehead atoms. The predicted molar refractivity (Wildman–Crippen MR) is 105 cm³/mol. The second-order valence-corrected chi connectivity index (χ2v) is 6.41. The van der Waals surface area contributed by atoms with Gasteiger partial charge in [0.05, 0.1) is 11.3 Å². The van der Waals surface area contributed by atoms with Gasteiger partial charge in [-0.25, -0.2) is 0 Å². The Labute approximate surface area is 161 Å². The molecule has 1 heterocycles. The van der Waals surface area contributed by atoms with E-state index >= 15 is 0 Å². The molecule has 4 N–H and O–H groups in total. The van der Waals surface area contributed by atoms with Crippen molar-refractivity contribution >= 4 is 40.7 Å². The molecule has 0 saturated carbocycles. The van der Waals surface area contributed by atoms with Crippen LogP contribution in [0.5, 0.6) is 0 Å². The summed E-state index contributed by atoms with van der Waals surface area (Å²) in [4.78, 5) is 47.8. The van der Waals surface area contributed by atoms with Crippen molar-refractivity contribution in [2.75, 3.05) is 16.0 Å². The number of rotatable bonds is 5. The summed E-state index contributed by atoms with van der Waals surface area (Å²) in [6, 6.07) is 12.6. The topological polar surface area (TPSA) is 116 Å². The van der Waals surface area contributed by atoms with Gasteiger partial charge in [-0.2, -0.15) is 0 Å². The molecule has 4 amide bonds. The smallest absolute Gasteiger partial charge is 0.254 e. The summed E-state index contributed by atoms with van der Waals surface area (Å²) >= 11 is 0. The normalized spacial score (nSPS) is 15.5. The molecule has 1 aliphatic rings. The number of hydrogen-bond donors (Lipinski definition) is 4. The summed E-state index contributed by atoms with van der Waals surface area (Å²) in [5, 5.41) is 10.7. The third-order valence-corrected chi connectivity index (χ3v) is 4.20. The Bertz CT molecular complexity index is 924. The maximum absolute atomic E-state index is 12.3. The molecule has 1 atom stereocenters. The summed E-state index contributed by atoms with van der Waals surface area (Å²) < 4.78 is 0. The van der Waals surface area contributed by atoms with E-state index in [0.29, 0.717) is 22.6 Å². The predicted octanol–water partition coefficient (Wildman–Crippen LogP) is 2.11. The first-order valence-electron chi connectivity index (χ1n) is 8.80. The number of fused-ring (bicyclic) bond motifs is 1. The van der Waals surface area contributed by atoms with E-state index in [1.807, 2.05) is 0 Å². The molecule has 0 radical (unpaired) electrons. The average molecular weight is 380 g/mol. The van der Waals surface area contributed by atoms with E-state index in [0.717, 1.165) is 0 Å². The molecule has 0 unspecified atom stereocenters. The number of benzene rings is 2. The van der Waals surface area contributed by atoms with Crippen molar-refractivity contribution < 1.29 is 19.2 Å². The zero-order valence-corrected chi connectivity index (χ0v) is 15.2. The lowest BCUT2D eigenvalue weighted by Gasteiger charge is -2.14. The molecule has 8 nitrogen and oxygen atoms in total. The monoisotopic (exact) mass is 380 g/mol. The van der Waals surface area contributed by atoms with Gasteiger partial charge >= 0.3 is 0 Å². The van der Waals surface area contributed by atoms with E-state index in [2.05, 4.69) is 21.3 Å². The highest BCUT2D eigenvalue weighted by Gasteiger charge is 2.27. The van der Waals surface area contributed by atoms with Gasteiger partial charge in [0, 0.05) is 24.7 Å². The number of carbonyl (C=O) groups excluding carboxylic acids is 4. The molecule has 2 aromatic rings. The van der Waals surface area contributed by atoms with Crippen LogP contribution in [-0.4, -0.2) is 29.7 Å². The fourth-order valence-corrected chi connectivity index (χ4v) is 2.85. The first kappa shape index (κ1) is 19.1. The molecule has 8 heteroatoms. The van der Waals surface area contributed by atoms with Gasteiger partial charge in [-0.05, 0) is 42.8 Å². The van der Waals surface area contributed by atoms with Gasteiger partial charge in [0.2, 0.25) is 17.7 Å². The standard InChI is InChI=1S/C20H20N4O4/c1-12(25)21-13-6-8-14(9-7-13)22-18(26)11-10-17-20(28)23-16-5-3-2-4-15(16)19(27)24-17/h2-9,17H,10-11H2,1H3,(H,21,25)(H,22,26)(H,23,28)(H,24,27)/t17-/m1/s1. The number of anilines is 3. The Hall–Kier alpha value is -3.68. The van der Waals surface area contributed by atoms with Crippen LogP contribution in [0.15, 0.2) is 48.5 Å². The molecular weight excluding hydrogens is 360 g/mol. The number of carbonyl (C=O) groups is 4. The summed E-state index contributed by atoms with van der Waals surface area (Å²) in [5.74, 6) is -1.17. The summed E-state index contributed by atoms with van der Waals surface area (Å²) in [6.07, 6.45) is 0.226. The van der Waals surface area contributed by atoms with Crippen molar-refractivity contribution in [2.45, 2.75) is 25.8 Å². The van der Waals surface area contributed by atoms with Crippen LogP contribution in [0, 0.1) is 0 Å². The molecule has 1 aliphatic heterocycles. The van der Waals surface area contributed by atoms with E-state index in [4.69, 9.17) is 0 Å². The SMILES string of the molecule is CC(=O)Nc1ccc(NC(=O)CC[C@H]2NC(=O)c3ccccc3NC2=O)cc1. The summed E-state index contributed by atoms with van der Waals surface area (Å²) in [7, 11) is 0. The fraction of sp³-hybridized carbons (Fsp3) is 0.200. The molecule has 144 valence electrons. The van der Waals surface area contributed by atoms with Gasteiger partial charge in [-0.1, -0.05) is 12.1 Å². The van der Waals surface area contributed by atoms with Crippen LogP contribution in [-0.2, 0) is 14.4 Å². The van der Waals surface area contributed by atoms with Crippen molar-refractivity contribution in [1.29, 1.82) is 0 Å². The minimum absolute atomic E-state index is 0.0577. The largest absolute Gasteiger partial charge is 0.340 e. The number of para-hydroxylation sites is 1. The Kier molecular flexibility index (Phi) is 5.69. The van der Waals surface area contributed by atoms with Crippen LogP contribution in [0.1, 0.15) is 30.1 Å². The summed E-state index contributed by atoms with van der Waals surface area (Å²) in [6.45, 7) is 1.41. The van der Waals surface area contributed by atoms with E-state index < -0.39 is 6.04 Å². The number of nitrogens with one attached hydrogen (secondary N) is 4. The van der Waals surface area contributed by atoms with Crippen molar-refractivity contribution in [2.24, 2.45) is 0 Å². The van der Waals surface area contributed by atoms with Gasteiger partial charge in [0.15, 0.2) is 0 Å². The number of amides is 4. The van der Waals surface area contributed by atoms with Gasteiger partial charge in [0.25, 0.3) is 5.91 Å². The highest BCUT2D eigenvalue weighted by Crippen LogP contribution is 2.19. The van der Waals surface area contributed by atoms with E-state index in [1.54, 1.807) is 48.5 Å². The Morgan fingerprint density at radius 3 is 2.29 bits per heavy atom. The van der Waals surface area contributed by atoms with E-state index in [9.17, 15) is 19.2 Å². The molecule has 0 aliphatic carbocycles. The van der Waals surface area contributed by atoms with Crippen molar-refractivity contribution in [3.8, 4) is 0 Å². The molecule has 3 rings (SSSR count). The summed E-state index contributed by atoms with van der Waals surface area (Å²) in [5.41, 5.74) is 2.04. The second kappa shape index (κ2) is 8.34. The van der Waals surface area contributed by atoms with Crippen molar-refractivity contribution in [3.05, 3.63) is 54.1 Å². The lowest BCUT2D eigenvalue weighted by Crippen LogP contribution is -2.41. The van der Waals surface area contributed by atoms with Crippen molar-refractivity contribution in [1.82, 2.24) is 5.32 Å². The van der Waals surface area contributed by atoms with Crippen LogP contribution in [0.3, 0.4) is 0 Å². The first-order valence-corrected chi connectivity index (χ1v) is 8.80. The van der Waals surface area contributed by atoms with Gasteiger partial charge in [0.1, 0.15) is 6.04 Å². The molecular formula is C20H20N4O4.